The van der Waals surface area contributed by atoms with Gasteiger partial charge in [-0.05, 0) is 61.1 Å². The molecule has 1 aromatic heterocycles. The van der Waals surface area contributed by atoms with E-state index in [1.165, 1.54) is 6.07 Å². The Morgan fingerprint density at radius 1 is 1.21 bits per heavy atom. The third-order valence-corrected chi connectivity index (χ3v) is 6.15. The molecule has 0 bridgehead atoms. The fourth-order valence-corrected chi connectivity index (χ4v) is 4.40. The number of pyridine rings is 1. The van der Waals surface area contributed by atoms with Gasteiger partial charge in [-0.1, -0.05) is 18.2 Å². The molecule has 4 rings (SSSR count). The molecule has 0 radical (unpaired) electrons. The number of nitrogens with one attached hydrogen (secondary N) is 3. The van der Waals surface area contributed by atoms with Gasteiger partial charge in [-0.15, -0.1) is 0 Å². The van der Waals surface area contributed by atoms with Gasteiger partial charge in [0.2, 0.25) is 11.8 Å². The Hall–Kier alpha value is -3.40. The average molecular weight is 473 g/mol. The van der Waals surface area contributed by atoms with Gasteiger partial charge in [-0.3, -0.25) is 9.59 Å². The van der Waals surface area contributed by atoms with E-state index < -0.39 is 35.8 Å². The normalized spacial score (nSPS) is 20.4. The molecule has 10 heteroatoms. The maximum Gasteiger partial charge on any atom is 0.264 e. The number of halogens is 3. The van der Waals surface area contributed by atoms with Gasteiger partial charge in [0.1, 0.15) is 23.7 Å². The van der Waals surface area contributed by atoms with Gasteiger partial charge in [0.05, 0.1) is 6.04 Å². The summed E-state index contributed by atoms with van der Waals surface area (Å²) in [6, 6.07) is 4.94. The van der Waals surface area contributed by atoms with Crippen LogP contribution >= 0.6 is 0 Å². The van der Waals surface area contributed by atoms with Crippen molar-refractivity contribution in [1.82, 2.24) is 20.9 Å². The molecule has 1 aliphatic heterocycles. The van der Waals surface area contributed by atoms with Gasteiger partial charge in [0.15, 0.2) is 0 Å². The summed E-state index contributed by atoms with van der Waals surface area (Å²) in [5.74, 6) is -1.12. The number of aromatic nitrogens is 1. The molecule has 2 aromatic rings. The van der Waals surface area contributed by atoms with Crippen LogP contribution in [0.25, 0.3) is 5.57 Å². The lowest BCUT2D eigenvalue weighted by Crippen LogP contribution is -2.52. The molecule has 2 aliphatic rings. The molecular weight excluding hydrogens is 447 g/mol. The number of alkyl halides is 2. The highest BCUT2D eigenvalue weighted by Crippen LogP contribution is 2.32. The summed E-state index contributed by atoms with van der Waals surface area (Å²) >= 11 is 0. The third kappa shape index (κ3) is 5.06. The Balaban J connectivity index is 1.41. The van der Waals surface area contributed by atoms with Crippen molar-refractivity contribution in [2.75, 3.05) is 12.3 Å². The number of benzene rings is 1. The summed E-state index contributed by atoms with van der Waals surface area (Å²) in [4.78, 5) is 29.8. The lowest BCUT2D eigenvalue weighted by molar-refractivity contribution is -0.129. The second-order valence-electron chi connectivity index (χ2n) is 8.51. The number of carbonyl (C=O) groups is 2. The Bertz CT molecular complexity index is 1140. The van der Waals surface area contributed by atoms with Crippen molar-refractivity contribution in [1.29, 1.82) is 0 Å². The predicted octanol–water partition coefficient (Wildman–Crippen LogP) is 2.79. The number of fused-ring (bicyclic) bond motifs is 1. The Kier molecular flexibility index (Phi) is 6.87. The molecule has 3 atom stereocenters. The third-order valence-electron chi connectivity index (χ3n) is 6.15. The van der Waals surface area contributed by atoms with Crippen LogP contribution in [0.5, 0.6) is 0 Å². The largest absolute Gasteiger partial charge is 0.384 e. The van der Waals surface area contributed by atoms with Gasteiger partial charge >= 0.3 is 0 Å². The highest BCUT2D eigenvalue weighted by Gasteiger charge is 2.29. The van der Waals surface area contributed by atoms with Crippen molar-refractivity contribution >= 4 is 23.2 Å². The Morgan fingerprint density at radius 3 is 2.76 bits per heavy atom. The molecule has 0 saturated heterocycles. The summed E-state index contributed by atoms with van der Waals surface area (Å²) in [5.41, 5.74) is 7.83. The minimum atomic E-state index is -2.84. The fraction of sp³-hybridized carbons (Fsp3) is 0.375. The van der Waals surface area contributed by atoms with Crippen LogP contribution < -0.4 is 21.7 Å². The number of hydrogen-bond donors (Lipinski definition) is 4. The summed E-state index contributed by atoms with van der Waals surface area (Å²) in [6.45, 7) is 1.95. The second kappa shape index (κ2) is 9.84. The zero-order valence-electron chi connectivity index (χ0n) is 18.6. The molecule has 180 valence electrons. The summed E-state index contributed by atoms with van der Waals surface area (Å²) in [5, 5.41) is 8.62. The minimum absolute atomic E-state index is 0.208. The molecule has 0 spiro atoms. The smallest absolute Gasteiger partial charge is 0.264 e. The quantitative estimate of drug-likeness (QED) is 0.516. The number of anilines is 1. The zero-order valence-corrected chi connectivity index (χ0v) is 18.6. The van der Waals surface area contributed by atoms with Crippen LogP contribution in [0.3, 0.4) is 0 Å². The molecule has 0 saturated carbocycles. The highest BCUT2D eigenvalue weighted by atomic mass is 19.3. The van der Waals surface area contributed by atoms with Gasteiger partial charge < -0.3 is 21.7 Å². The number of hydrogen-bond acceptors (Lipinski definition) is 5. The summed E-state index contributed by atoms with van der Waals surface area (Å²) in [7, 11) is 0. The number of nitrogens with two attached hydrogens (primary N) is 1. The molecule has 5 N–H and O–H groups in total. The standard InChI is InChI=1S/C24H26F3N5O2/c1-12(23(33)32-19-6-5-18-16(19)4-7-21(28)31-18)30-24(34)20-10-13(8-9-29-20)15-3-2-14(25)11-17(15)22(26)27/h2-4,7,10-12,19-20,22,29H,5-6,8-9H2,1H3,(H2,28,31)(H,30,34)(H,32,33)/t12?,19-,20+/m1/s1. The fourth-order valence-electron chi connectivity index (χ4n) is 4.40. The molecule has 34 heavy (non-hydrogen) atoms. The van der Waals surface area contributed by atoms with E-state index in [1.54, 1.807) is 19.1 Å². The van der Waals surface area contributed by atoms with Crippen molar-refractivity contribution in [2.24, 2.45) is 0 Å². The average Bonchev–Trinajstić information content (AvgIpc) is 3.20. The van der Waals surface area contributed by atoms with Crippen molar-refractivity contribution < 1.29 is 22.8 Å². The number of carbonyl (C=O) groups excluding carboxylic acids is 2. The maximum atomic E-state index is 13.5. The van der Waals surface area contributed by atoms with E-state index in [0.717, 1.165) is 23.4 Å². The summed E-state index contributed by atoms with van der Waals surface area (Å²) < 4.78 is 40.3. The topological polar surface area (TPSA) is 109 Å². The lowest BCUT2D eigenvalue weighted by Gasteiger charge is -2.25. The first-order chi connectivity index (χ1) is 16.2. The highest BCUT2D eigenvalue weighted by molar-refractivity contribution is 5.92. The van der Waals surface area contributed by atoms with E-state index in [4.69, 9.17) is 5.73 Å². The van der Waals surface area contributed by atoms with E-state index in [-0.39, 0.29) is 17.5 Å². The van der Waals surface area contributed by atoms with Crippen LogP contribution in [0.2, 0.25) is 0 Å². The lowest BCUT2D eigenvalue weighted by atomic mass is 9.93. The van der Waals surface area contributed by atoms with Gasteiger partial charge in [-0.2, -0.15) is 0 Å². The molecule has 1 aliphatic carbocycles. The molecule has 0 fully saturated rings. The first kappa shape index (κ1) is 23.7. The van der Waals surface area contributed by atoms with E-state index >= 15 is 0 Å². The Labute approximate surface area is 195 Å². The van der Waals surface area contributed by atoms with Crippen LogP contribution in [-0.2, 0) is 16.0 Å². The number of rotatable bonds is 6. The minimum Gasteiger partial charge on any atom is -0.384 e. The van der Waals surface area contributed by atoms with E-state index in [1.807, 2.05) is 6.07 Å². The van der Waals surface area contributed by atoms with Crippen molar-refractivity contribution in [3.8, 4) is 0 Å². The first-order valence-corrected chi connectivity index (χ1v) is 11.1. The monoisotopic (exact) mass is 473 g/mol. The molecule has 7 nitrogen and oxygen atoms in total. The van der Waals surface area contributed by atoms with E-state index in [9.17, 15) is 22.8 Å². The maximum absolute atomic E-state index is 13.5. The first-order valence-electron chi connectivity index (χ1n) is 11.1. The van der Waals surface area contributed by atoms with Crippen LogP contribution in [0, 0.1) is 5.82 Å². The zero-order chi connectivity index (χ0) is 24.4. The van der Waals surface area contributed by atoms with Crippen molar-refractivity contribution in [2.45, 2.75) is 50.7 Å². The van der Waals surface area contributed by atoms with Crippen molar-refractivity contribution in [3.63, 3.8) is 0 Å². The van der Waals surface area contributed by atoms with Crippen LogP contribution in [0.1, 0.15) is 54.6 Å². The molecule has 2 heterocycles. The number of nitrogen functional groups attached to an aromatic ring is 1. The number of aryl methyl sites for hydroxylation is 1. The number of amides is 2. The van der Waals surface area contributed by atoms with Gasteiger partial charge in [0.25, 0.3) is 6.43 Å². The van der Waals surface area contributed by atoms with E-state index in [2.05, 4.69) is 20.9 Å². The molecule has 1 aromatic carbocycles. The van der Waals surface area contributed by atoms with Gasteiger partial charge in [0, 0.05) is 17.8 Å². The SMILES string of the molecule is CC(NC(=O)[C@@H]1C=C(c2ccc(F)cc2C(F)F)CCN1)C(=O)N[C@@H]1CCc2nc(N)ccc21. The summed E-state index contributed by atoms with van der Waals surface area (Å²) in [6.07, 6.45) is 0.509. The van der Waals surface area contributed by atoms with Crippen LogP contribution in [0.15, 0.2) is 36.4 Å². The second-order valence-corrected chi connectivity index (χ2v) is 8.51. The molecule has 1 unspecified atom stereocenters. The van der Waals surface area contributed by atoms with Crippen LogP contribution in [-0.4, -0.2) is 35.4 Å². The van der Waals surface area contributed by atoms with Crippen LogP contribution in [0.4, 0.5) is 19.0 Å². The molecular formula is C24H26F3N5O2. The Morgan fingerprint density at radius 2 is 2.00 bits per heavy atom. The van der Waals surface area contributed by atoms with Crippen molar-refractivity contribution in [3.05, 3.63) is 64.6 Å². The predicted molar refractivity (Wildman–Crippen MR) is 121 cm³/mol. The number of nitrogens with zero attached hydrogens (tertiary/aromatic N) is 1. The van der Waals surface area contributed by atoms with Gasteiger partial charge in [-0.25, -0.2) is 18.2 Å². The van der Waals surface area contributed by atoms with E-state index in [0.29, 0.717) is 37.2 Å². The molecule has 2 amide bonds.